The van der Waals surface area contributed by atoms with Crippen LogP contribution >= 0.6 is 11.8 Å². The lowest BCUT2D eigenvalue weighted by Gasteiger charge is -2.07. The fraction of sp³-hybridized carbons (Fsp3) is 0.118. The van der Waals surface area contributed by atoms with E-state index < -0.39 is 5.82 Å². The standard InChI is InChI=1S/C17H16FN5O2S/c1-25-14-7-3-6-13(9-14)20-15(24)10-26-17-22-21-16(23(17)19)11-4-2-5-12(18)8-11/h2-9H,10,19H2,1H3,(H,20,24). The molecule has 0 fully saturated rings. The molecule has 3 rings (SSSR count). The molecule has 0 radical (unpaired) electrons. The number of halogens is 1. The van der Waals surface area contributed by atoms with E-state index in [2.05, 4.69) is 15.5 Å². The maximum Gasteiger partial charge on any atom is 0.234 e. The highest BCUT2D eigenvalue weighted by Crippen LogP contribution is 2.22. The zero-order chi connectivity index (χ0) is 18.5. The van der Waals surface area contributed by atoms with E-state index in [0.717, 1.165) is 11.8 Å². The third kappa shape index (κ3) is 4.12. The van der Waals surface area contributed by atoms with Crippen molar-refractivity contribution in [2.24, 2.45) is 0 Å². The average molecular weight is 373 g/mol. The van der Waals surface area contributed by atoms with Gasteiger partial charge in [0, 0.05) is 17.3 Å². The summed E-state index contributed by atoms with van der Waals surface area (Å²) < 4.78 is 19.7. The number of nitrogens with one attached hydrogen (secondary N) is 1. The van der Waals surface area contributed by atoms with Crippen molar-refractivity contribution in [3.05, 3.63) is 54.3 Å². The van der Waals surface area contributed by atoms with Crippen LogP contribution in [-0.2, 0) is 4.79 Å². The fourth-order valence-corrected chi connectivity index (χ4v) is 2.88. The lowest BCUT2D eigenvalue weighted by atomic mass is 10.2. The van der Waals surface area contributed by atoms with Crippen molar-refractivity contribution in [3.63, 3.8) is 0 Å². The highest BCUT2D eigenvalue weighted by atomic mass is 32.2. The molecule has 0 aliphatic heterocycles. The number of hydrogen-bond acceptors (Lipinski definition) is 6. The summed E-state index contributed by atoms with van der Waals surface area (Å²) in [7, 11) is 1.56. The average Bonchev–Trinajstić information content (AvgIpc) is 3.01. The Morgan fingerprint density at radius 3 is 2.85 bits per heavy atom. The minimum atomic E-state index is -0.391. The molecule has 0 saturated heterocycles. The summed E-state index contributed by atoms with van der Waals surface area (Å²) in [5.74, 6) is 6.41. The van der Waals surface area contributed by atoms with E-state index in [1.165, 1.54) is 16.8 Å². The minimum absolute atomic E-state index is 0.0930. The second-order valence-electron chi connectivity index (χ2n) is 5.26. The van der Waals surface area contributed by atoms with Crippen LogP contribution in [0, 0.1) is 5.82 Å². The van der Waals surface area contributed by atoms with Crippen molar-refractivity contribution in [2.75, 3.05) is 24.0 Å². The zero-order valence-electron chi connectivity index (χ0n) is 13.8. The molecular formula is C17H16FN5O2S. The molecule has 0 saturated carbocycles. The molecule has 2 aromatic carbocycles. The van der Waals surface area contributed by atoms with Gasteiger partial charge in [-0.2, -0.15) is 0 Å². The number of carbonyl (C=O) groups excluding carboxylic acids is 1. The van der Waals surface area contributed by atoms with E-state index in [-0.39, 0.29) is 11.7 Å². The summed E-state index contributed by atoms with van der Waals surface area (Å²) in [5, 5.41) is 11.0. The Kier molecular flexibility index (Phi) is 5.37. The first-order valence-electron chi connectivity index (χ1n) is 7.60. The Morgan fingerprint density at radius 1 is 1.27 bits per heavy atom. The third-order valence-corrected chi connectivity index (χ3v) is 4.38. The van der Waals surface area contributed by atoms with Crippen LogP contribution < -0.4 is 15.9 Å². The summed E-state index contributed by atoms with van der Waals surface area (Å²) in [6, 6.07) is 12.9. The SMILES string of the molecule is COc1cccc(NC(=O)CSc2nnc(-c3cccc(F)c3)n2N)c1. The summed E-state index contributed by atoms with van der Waals surface area (Å²) in [6.07, 6.45) is 0. The zero-order valence-corrected chi connectivity index (χ0v) is 14.7. The Balaban J connectivity index is 1.64. The van der Waals surface area contributed by atoms with Crippen LogP contribution in [0.2, 0.25) is 0 Å². The number of thioether (sulfide) groups is 1. The number of aromatic nitrogens is 3. The van der Waals surface area contributed by atoms with Gasteiger partial charge in [-0.25, -0.2) is 9.07 Å². The number of nitrogens with two attached hydrogens (primary N) is 1. The number of ether oxygens (including phenoxy) is 1. The summed E-state index contributed by atoms with van der Waals surface area (Å²) in [6.45, 7) is 0. The number of nitrogens with zero attached hydrogens (tertiary/aromatic N) is 3. The van der Waals surface area contributed by atoms with Gasteiger partial charge >= 0.3 is 0 Å². The first-order chi connectivity index (χ1) is 12.6. The van der Waals surface area contributed by atoms with E-state index in [4.69, 9.17) is 10.6 Å². The van der Waals surface area contributed by atoms with Crippen LogP contribution in [0.1, 0.15) is 0 Å². The molecule has 1 amide bonds. The van der Waals surface area contributed by atoms with Gasteiger partial charge in [-0.15, -0.1) is 10.2 Å². The molecule has 134 valence electrons. The molecule has 1 heterocycles. The van der Waals surface area contributed by atoms with Gasteiger partial charge in [0.15, 0.2) is 5.82 Å². The largest absolute Gasteiger partial charge is 0.497 e. The van der Waals surface area contributed by atoms with Crippen molar-refractivity contribution < 1.29 is 13.9 Å². The minimum Gasteiger partial charge on any atom is -0.497 e. The second kappa shape index (κ2) is 7.87. The van der Waals surface area contributed by atoms with Crippen LogP contribution in [0.25, 0.3) is 11.4 Å². The molecule has 7 nitrogen and oxygen atoms in total. The summed E-state index contributed by atoms with van der Waals surface area (Å²) in [5.41, 5.74) is 1.14. The molecule has 3 N–H and O–H groups in total. The highest BCUT2D eigenvalue weighted by Gasteiger charge is 2.14. The topological polar surface area (TPSA) is 95.1 Å². The Morgan fingerprint density at radius 2 is 2.08 bits per heavy atom. The quantitative estimate of drug-likeness (QED) is 0.509. The van der Waals surface area contributed by atoms with Crippen LogP contribution in [0.15, 0.2) is 53.7 Å². The summed E-state index contributed by atoms with van der Waals surface area (Å²) >= 11 is 1.13. The first kappa shape index (κ1) is 17.7. The first-order valence-corrected chi connectivity index (χ1v) is 8.58. The van der Waals surface area contributed by atoms with Crippen molar-refractivity contribution in [3.8, 4) is 17.1 Å². The van der Waals surface area contributed by atoms with Gasteiger partial charge in [0.2, 0.25) is 11.1 Å². The van der Waals surface area contributed by atoms with Gasteiger partial charge in [-0.3, -0.25) is 4.79 Å². The van der Waals surface area contributed by atoms with Gasteiger partial charge in [-0.05, 0) is 24.3 Å². The fourth-order valence-electron chi connectivity index (χ4n) is 2.23. The molecule has 0 unspecified atom stereocenters. The number of nitrogen functional groups attached to an aromatic ring is 1. The van der Waals surface area contributed by atoms with Crippen LogP contribution in [0.4, 0.5) is 10.1 Å². The predicted molar refractivity (Wildman–Crippen MR) is 97.9 cm³/mol. The number of benzene rings is 2. The Labute approximate surface area is 153 Å². The van der Waals surface area contributed by atoms with Gasteiger partial charge in [0.25, 0.3) is 0 Å². The van der Waals surface area contributed by atoms with Crippen LogP contribution in [0.5, 0.6) is 5.75 Å². The number of carbonyl (C=O) groups is 1. The van der Waals surface area contributed by atoms with Crippen LogP contribution in [-0.4, -0.2) is 33.6 Å². The molecule has 1 aromatic heterocycles. The van der Waals surface area contributed by atoms with E-state index in [1.54, 1.807) is 43.5 Å². The molecule has 0 bridgehead atoms. The number of methoxy groups -OCH3 is 1. The lowest BCUT2D eigenvalue weighted by Crippen LogP contribution is -2.16. The van der Waals surface area contributed by atoms with E-state index in [1.807, 2.05) is 0 Å². The Bertz CT molecular complexity index is 931. The second-order valence-corrected chi connectivity index (χ2v) is 6.20. The molecule has 9 heteroatoms. The van der Waals surface area contributed by atoms with Crippen LogP contribution in [0.3, 0.4) is 0 Å². The highest BCUT2D eigenvalue weighted by molar-refractivity contribution is 7.99. The normalized spacial score (nSPS) is 10.5. The van der Waals surface area contributed by atoms with E-state index in [9.17, 15) is 9.18 Å². The molecule has 3 aromatic rings. The van der Waals surface area contributed by atoms with Gasteiger partial charge < -0.3 is 15.9 Å². The van der Waals surface area contributed by atoms with Gasteiger partial charge in [-0.1, -0.05) is 30.0 Å². The van der Waals surface area contributed by atoms with Gasteiger partial charge in [0.05, 0.1) is 12.9 Å². The summed E-state index contributed by atoms with van der Waals surface area (Å²) in [4.78, 5) is 12.1. The van der Waals surface area contributed by atoms with Crippen molar-refractivity contribution >= 4 is 23.4 Å². The van der Waals surface area contributed by atoms with Crippen molar-refractivity contribution in [2.45, 2.75) is 5.16 Å². The van der Waals surface area contributed by atoms with Crippen molar-refractivity contribution in [1.82, 2.24) is 14.9 Å². The monoisotopic (exact) mass is 373 g/mol. The predicted octanol–water partition coefficient (Wildman–Crippen LogP) is 2.54. The number of anilines is 1. The maximum atomic E-state index is 13.3. The molecular weight excluding hydrogens is 357 g/mol. The molecule has 0 aliphatic rings. The smallest absolute Gasteiger partial charge is 0.234 e. The molecule has 0 aliphatic carbocycles. The van der Waals surface area contributed by atoms with E-state index >= 15 is 0 Å². The Hall–Kier alpha value is -3.07. The number of amides is 1. The molecule has 26 heavy (non-hydrogen) atoms. The van der Waals surface area contributed by atoms with E-state index in [0.29, 0.717) is 28.0 Å². The maximum absolute atomic E-state index is 13.3. The number of rotatable bonds is 6. The third-order valence-electron chi connectivity index (χ3n) is 3.43. The molecule has 0 atom stereocenters. The van der Waals surface area contributed by atoms with Gasteiger partial charge in [0.1, 0.15) is 11.6 Å². The lowest BCUT2D eigenvalue weighted by molar-refractivity contribution is -0.113. The number of hydrogen-bond donors (Lipinski definition) is 2. The molecule has 0 spiro atoms. The van der Waals surface area contributed by atoms with Crippen molar-refractivity contribution in [1.29, 1.82) is 0 Å².